The largest absolute Gasteiger partial charge is 0.480 e. The average Bonchev–Trinajstić information content (AvgIpc) is 3.06. The Bertz CT molecular complexity index is 582. The van der Waals surface area contributed by atoms with E-state index in [1.807, 2.05) is 0 Å². The first-order valence-corrected chi connectivity index (χ1v) is 10.3. The third kappa shape index (κ3) is 2.91. The Balaban J connectivity index is 1.49. The van der Waals surface area contributed by atoms with E-state index in [1.54, 1.807) is 11.8 Å². The highest BCUT2D eigenvalue weighted by molar-refractivity contribution is 5.92. The summed E-state index contributed by atoms with van der Waals surface area (Å²) in [4.78, 5) is 39.2. The van der Waals surface area contributed by atoms with E-state index in [1.165, 1.54) is 19.3 Å². The van der Waals surface area contributed by atoms with E-state index in [0.717, 1.165) is 25.7 Å². The van der Waals surface area contributed by atoms with Gasteiger partial charge in [0, 0.05) is 6.54 Å². The number of carbonyl (C=O) groups is 3. The van der Waals surface area contributed by atoms with E-state index in [0.29, 0.717) is 37.1 Å². The lowest BCUT2D eigenvalue weighted by molar-refractivity contribution is -0.160. The lowest BCUT2D eigenvalue weighted by atomic mass is 9.49. The zero-order chi connectivity index (χ0) is 18.5. The Morgan fingerprint density at radius 1 is 1.12 bits per heavy atom. The summed E-state index contributed by atoms with van der Waals surface area (Å²) in [6.45, 7) is 2.37. The Morgan fingerprint density at radius 3 is 2.19 bits per heavy atom. The van der Waals surface area contributed by atoms with E-state index < -0.39 is 18.1 Å². The molecule has 0 aromatic rings. The fraction of sp³-hybridized carbons (Fsp3) is 0.850. The van der Waals surface area contributed by atoms with Gasteiger partial charge in [-0.1, -0.05) is 6.92 Å². The summed E-state index contributed by atoms with van der Waals surface area (Å²) in [5.74, 6) is 0.940. The maximum Gasteiger partial charge on any atom is 0.326 e. The Labute approximate surface area is 154 Å². The molecule has 2 amide bonds. The predicted octanol–water partition coefficient (Wildman–Crippen LogP) is 2.17. The van der Waals surface area contributed by atoms with Gasteiger partial charge in [0.25, 0.3) is 0 Å². The van der Waals surface area contributed by atoms with Crippen LogP contribution in [0.4, 0.5) is 0 Å². The van der Waals surface area contributed by atoms with Gasteiger partial charge in [-0.05, 0) is 75.5 Å². The summed E-state index contributed by atoms with van der Waals surface area (Å²) in [6, 6.07) is -1.37. The number of amides is 2. The van der Waals surface area contributed by atoms with E-state index in [9.17, 15) is 19.5 Å². The van der Waals surface area contributed by atoms with E-state index in [2.05, 4.69) is 5.32 Å². The molecule has 1 saturated heterocycles. The molecule has 26 heavy (non-hydrogen) atoms. The van der Waals surface area contributed by atoms with Crippen LogP contribution in [0.2, 0.25) is 0 Å². The standard InChI is InChI=1S/C20H30N2O4/c1-2-15(18(24)25)21-17(23)16-4-3-5-22(16)19(26)20-9-12-6-13(10-20)8-14(7-12)11-20/h12-16H,2-11H2,1H3,(H,21,23)(H,24,25). The van der Waals surface area contributed by atoms with Gasteiger partial charge in [0.2, 0.25) is 11.8 Å². The van der Waals surface area contributed by atoms with Crippen molar-refractivity contribution >= 4 is 17.8 Å². The molecule has 144 valence electrons. The molecular weight excluding hydrogens is 332 g/mol. The highest BCUT2D eigenvalue weighted by Crippen LogP contribution is 2.60. The van der Waals surface area contributed by atoms with Gasteiger partial charge < -0.3 is 15.3 Å². The summed E-state index contributed by atoms with van der Waals surface area (Å²) in [5.41, 5.74) is -0.241. The second kappa shape index (κ2) is 6.54. The molecule has 5 fully saturated rings. The molecule has 1 heterocycles. The van der Waals surface area contributed by atoms with Crippen LogP contribution in [0.3, 0.4) is 0 Å². The summed E-state index contributed by atoms with van der Waals surface area (Å²) in [5, 5.41) is 11.8. The van der Waals surface area contributed by atoms with Crippen molar-refractivity contribution in [3.63, 3.8) is 0 Å². The number of hydrogen-bond donors (Lipinski definition) is 2. The Morgan fingerprint density at radius 2 is 1.69 bits per heavy atom. The van der Waals surface area contributed by atoms with Crippen LogP contribution in [0.5, 0.6) is 0 Å². The minimum absolute atomic E-state index is 0.178. The monoisotopic (exact) mass is 362 g/mol. The molecule has 4 saturated carbocycles. The molecule has 0 aromatic carbocycles. The molecule has 0 aromatic heterocycles. The molecular formula is C20H30N2O4. The molecule has 6 nitrogen and oxygen atoms in total. The van der Waals surface area contributed by atoms with Crippen LogP contribution >= 0.6 is 0 Å². The van der Waals surface area contributed by atoms with Crippen LogP contribution in [0.15, 0.2) is 0 Å². The van der Waals surface area contributed by atoms with E-state index in [-0.39, 0.29) is 17.2 Å². The lowest BCUT2D eigenvalue weighted by Crippen LogP contribution is -2.58. The van der Waals surface area contributed by atoms with Gasteiger partial charge in [-0.3, -0.25) is 9.59 Å². The molecule has 4 aliphatic carbocycles. The van der Waals surface area contributed by atoms with Crippen LogP contribution in [0, 0.1) is 23.2 Å². The van der Waals surface area contributed by atoms with Crippen LogP contribution in [-0.4, -0.2) is 46.4 Å². The van der Waals surface area contributed by atoms with Gasteiger partial charge in [-0.15, -0.1) is 0 Å². The molecule has 5 rings (SSSR count). The Hall–Kier alpha value is -1.59. The predicted molar refractivity (Wildman–Crippen MR) is 95.2 cm³/mol. The first-order chi connectivity index (χ1) is 12.4. The number of likely N-dealkylation sites (tertiary alicyclic amines) is 1. The number of hydrogen-bond acceptors (Lipinski definition) is 3. The van der Waals surface area contributed by atoms with Crippen LogP contribution in [-0.2, 0) is 14.4 Å². The molecule has 5 aliphatic rings. The number of carboxylic acids is 1. The molecule has 2 unspecified atom stereocenters. The average molecular weight is 362 g/mol. The fourth-order valence-corrected chi connectivity index (χ4v) is 6.57. The van der Waals surface area contributed by atoms with Crippen molar-refractivity contribution in [1.82, 2.24) is 10.2 Å². The summed E-state index contributed by atoms with van der Waals surface area (Å²) >= 11 is 0. The summed E-state index contributed by atoms with van der Waals surface area (Å²) in [7, 11) is 0. The van der Waals surface area contributed by atoms with Gasteiger partial charge in [0.1, 0.15) is 12.1 Å². The normalized spacial score (nSPS) is 39.0. The second-order valence-electron chi connectivity index (χ2n) is 9.16. The highest BCUT2D eigenvalue weighted by atomic mass is 16.4. The van der Waals surface area contributed by atoms with Crippen molar-refractivity contribution in [3.05, 3.63) is 0 Å². The number of rotatable bonds is 5. The number of aliphatic carboxylic acids is 1. The third-order valence-corrected chi connectivity index (χ3v) is 7.33. The molecule has 1 aliphatic heterocycles. The molecule has 4 bridgehead atoms. The first kappa shape index (κ1) is 17.8. The molecule has 2 atom stereocenters. The minimum atomic E-state index is -1.02. The quantitative estimate of drug-likeness (QED) is 0.785. The minimum Gasteiger partial charge on any atom is -0.480 e. The van der Waals surface area contributed by atoms with Crippen molar-refractivity contribution in [1.29, 1.82) is 0 Å². The zero-order valence-electron chi connectivity index (χ0n) is 15.6. The molecule has 2 N–H and O–H groups in total. The number of nitrogens with one attached hydrogen (secondary N) is 1. The van der Waals surface area contributed by atoms with Crippen LogP contribution in [0.1, 0.15) is 64.7 Å². The third-order valence-electron chi connectivity index (χ3n) is 7.33. The zero-order valence-corrected chi connectivity index (χ0v) is 15.6. The first-order valence-electron chi connectivity index (χ1n) is 10.3. The van der Waals surface area contributed by atoms with Crippen molar-refractivity contribution in [2.75, 3.05) is 6.54 Å². The van der Waals surface area contributed by atoms with Crippen molar-refractivity contribution in [2.24, 2.45) is 23.2 Å². The van der Waals surface area contributed by atoms with Gasteiger partial charge in [0.15, 0.2) is 0 Å². The molecule has 0 spiro atoms. The fourth-order valence-electron chi connectivity index (χ4n) is 6.57. The Kier molecular flexibility index (Phi) is 4.48. The number of nitrogens with zero attached hydrogens (tertiary/aromatic N) is 1. The van der Waals surface area contributed by atoms with Crippen molar-refractivity contribution in [2.45, 2.75) is 76.8 Å². The van der Waals surface area contributed by atoms with E-state index in [4.69, 9.17) is 0 Å². The van der Waals surface area contributed by atoms with Crippen molar-refractivity contribution < 1.29 is 19.5 Å². The highest BCUT2D eigenvalue weighted by Gasteiger charge is 2.56. The van der Waals surface area contributed by atoms with Crippen LogP contribution in [0.25, 0.3) is 0 Å². The number of carboxylic acid groups (broad SMARTS) is 1. The molecule has 0 radical (unpaired) electrons. The molecule has 6 heteroatoms. The van der Waals surface area contributed by atoms with Gasteiger partial charge >= 0.3 is 5.97 Å². The second-order valence-corrected chi connectivity index (χ2v) is 9.16. The van der Waals surface area contributed by atoms with E-state index >= 15 is 0 Å². The van der Waals surface area contributed by atoms with Gasteiger partial charge in [-0.2, -0.15) is 0 Å². The van der Waals surface area contributed by atoms with Gasteiger partial charge in [0.05, 0.1) is 5.41 Å². The smallest absolute Gasteiger partial charge is 0.326 e. The van der Waals surface area contributed by atoms with Gasteiger partial charge in [-0.25, -0.2) is 4.79 Å². The van der Waals surface area contributed by atoms with Crippen LogP contribution < -0.4 is 5.32 Å². The maximum absolute atomic E-state index is 13.5. The summed E-state index contributed by atoms with van der Waals surface area (Å²) < 4.78 is 0. The maximum atomic E-state index is 13.5. The number of carbonyl (C=O) groups excluding carboxylic acids is 2. The SMILES string of the molecule is CCC(NC(=O)C1CCCN1C(=O)C12CC3CC(CC(C3)C1)C2)C(=O)O. The summed E-state index contributed by atoms with van der Waals surface area (Å²) in [6.07, 6.45) is 8.64. The lowest BCUT2D eigenvalue weighted by Gasteiger charge is -2.56. The topological polar surface area (TPSA) is 86.7 Å². The van der Waals surface area contributed by atoms with Crippen molar-refractivity contribution in [3.8, 4) is 0 Å².